The Balaban J connectivity index is 1.73. The van der Waals surface area contributed by atoms with Crippen LogP contribution in [0.5, 0.6) is 0 Å². The third-order valence-electron chi connectivity index (χ3n) is 2.87. The summed E-state index contributed by atoms with van der Waals surface area (Å²) in [6.45, 7) is 8.96. The molecule has 6 heteroatoms. The minimum absolute atomic E-state index is 1.17. The lowest BCUT2D eigenvalue weighted by Crippen LogP contribution is -1.72. The molecule has 0 aromatic rings. The van der Waals surface area contributed by atoms with E-state index in [-0.39, 0.29) is 0 Å². The van der Waals surface area contributed by atoms with Crippen LogP contribution in [0.3, 0.4) is 0 Å². The van der Waals surface area contributed by atoms with Gasteiger partial charge in [-0.25, -0.2) is 0 Å². The summed E-state index contributed by atoms with van der Waals surface area (Å²) in [6, 6.07) is 0. The van der Waals surface area contributed by atoms with E-state index in [2.05, 4.69) is 27.7 Å². The monoisotopic (exact) mass is 376 g/mol. The van der Waals surface area contributed by atoms with Crippen molar-refractivity contribution in [2.24, 2.45) is 0 Å². The second-order valence-electron chi connectivity index (χ2n) is 4.60. The molecule has 0 aliphatic carbocycles. The maximum absolute atomic E-state index is 2.27. The molecule has 0 aromatic carbocycles. The van der Waals surface area contributed by atoms with Crippen LogP contribution in [-0.4, -0.2) is 0 Å². The summed E-state index contributed by atoms with van der Waals surface area (Å²) in [5, 5.41) is 0. The SMILES string of the molecule is CCC1=C(CC)SC(=C2SC3=C(SC(=C(C)C)S3)S2)S1. The van der Waals surface area contributed by atoms with Gasteiger partial charge in [-0.2, -0.15) is 0 Å². The molecule has 0 aromatic heterocycles. The molecule has 0 saturated heterocycles. The molecule has 0 fully saturated rings. The summed E-state index contributed by atoms with van der Waals surface area (Å²) in [4.78, 5) is 3.16. The van der Waals surface area contributed by atoms with Crippen molar-refractivity contribution in [3.63, 3.8) is 0 Å². The Morgan fingerprint density at radius 2 is 1.05 bits per heavy atom. The Hall–Kier alpha value is 1.06. The van der Waals surface area contributed by atoms with E-state index >= 15 is 0 Å². The summed E-state index contributed by atoms with van der Waals surface area (Å²) in [7, 11) is 0. The predicted molar refractivity (Wildman–Crippen MR) is 106 cm³/mol. The zero-order valence-electron chi connectivity index (χ0n) is 11.9. The highest BCUT2D eigenvalue weighted by molar-refractivity contribution is 8.49. The Kier molecular flexibility index (Phi) is 5.31. The van der Waals surface area contributed by atoms with Gasteiger partial charge >= 0.3 is 0 Å². The fourth-order valence-electron chi connectivity index (χ4n) is 1.85. The smallest absolute Gasteiger partial charge is 0.0717 e. The number of hydrogen-bond donors (Lipinski definition) is 0. The van der Waals surface area contributed by atoms with Crippen molar-refractivity contribution in [3.8, 4) is 0 Å². The molecule has 108 valence electrons. The van der Waals surface area contributed by atoms with Crippen LogP contribution in [-0.2, 0) is 0 Å². The van der Waals surface area contributed by atoms with Gasteiger partial charge in [-0.3, -0.25) is 0 Å². The van der Waals surface area contributed by atoms with E-state index < -0.39 is 0 Å². The predicted octanol–water partition coefficient (Wildman–Crippen LogP) is 7.96. The molecular weight excluding hydrogens is 361 g/mol. The molecule has 3 aliphatic heterocycles. The second-order valence-corrected chi connectivity index (χ2v) is 12.2. The zero-order chi connectivity index (χ0) is 14.3. The standard InChI is InChI=1S/C14H16S6/c1-5-8-9(6-2)16-11(15-8)12-19-13-14(20-12)18-10(17-13)7(3)4/h5-6H2,1-4H3. The average molecular weight is 377 g/mol. The molecule has 3 rings (SSSR count). The first kappa shape index (κ1) is 15.9. The Labute approximate surface area is 146 Å². The molecule has 0 spiro atoms. The lowest BCUT2D eigenvalue weighted by atomic mass is 10.3. The van der Waals surface area contributed by atoms with Crippen molar-refractivity contribution in [1.29, 1.82) is 0 Å². The summed E-state index contributed by atoms with van der Waals surface area (Å²) in [6.07, 6.45) is 2.34. The van der Waals surface area contributed by atoms with E-state index in [1.165, 1.54) is 39.6 Å². The van der Waals surface area contributed by atoms with Crippen molar-refractivity contribution in [2.75, 3.05) is 0 Å². The minimum atomic E-state index is 1.17. The maximum Gasteiger partial charge on any atom is 0.0717 e. The normalized spacial score (nSPS) is 22.5. The topological polar surface area (TPSA) is 0 Å². The van der Waals surface area contributed by atoms with Crippen LogP contribution in [0.25, 0.3) is 0 Å². The molecule has 0 bridgehead atoms. The van der Waals surface area contributed by atoms with Gasteiger partial charge in [0.25, 0.3) is 0 Å². The minimum Gasteiger partial charge on any atom is -0.0846 e. The van der Waals surface area contributed by atoms with Crippen molar-refractivity contribution in [2.45, 2.75) is 40.5 Å². The fourth-order valence-corrected chi connectivity index (χ4v) is 11.2. The first-order valence-corrected chi connectivity index (χ1v) is 11.5. The highest BCUT2D eigenvalue weighted by Crippen LogP contribution is 2.70. The number of hydrogen-bond acceptors (Lipinski definition) is 6. The lowest BCUT2D eigenvalue weighted by molar-refractivity contribution is 1.12. The van der Waals surface area contributed by atoms with Gasteiger partial charge in [-0.05, 0) is 36.5 Å². The number of rotatable bonds is 2. The largest absolute Gasteiger partial charge is 0.0846 e. The van der Waals surface area contributed by atoms with Crippen LogP contribution < -0.4 is 0 Å². The van der Waals surface area contributed by atoms with E-state index in [1.54, 1.807) is 9.81 Å². The van der Waals surface area contributed by atoms with Crippen molar-refractivity contribution < 1.29 is 0 Å². The van der Waals surface area contributed by atoms with E-state index in [1.807, 2.05) is 70.6 Å². The molecule has 0 atom stereocenters. The van der Waals surface area contributed by atoms with Crippen LogP contribution in [0, 0.1) is 0 Å². The number of thioether (sulfide) groups is 6. The summed E-state index contributed by atoms with van der Waals surface area (Å²) in [5.41, 5.74) is 1.44. The highest BCUT2D eigenvalue weighted by atomic mass is 32.3. The summed E-state index contributed by atoms with van der Waals surface area (Å²) < 4.78 is 7.51. The van der Waals surface area contributed by atoms with Crippen LogP contribution >= 0.6 is 70.6 Å². The van der Waals surface area contributed by atoms with Gasteiger partial charge < -0.3 is 0 Å². The molecular formula is C14H16S6. The van der Waals surface area contributed by atoms with Gasteiger partial charge in [-0.15, -0.1) is 0 Å². The zero-order valence-corrected chi connectivity index (χ0v) is 16.8. The van der Waals surface area contributed by atoms with Gasteiger partial charge in [0.05, 0.1) is 16.9 Å². The van der Waals surface area contributed by atoms with Crippen LogP contribution in [0.4, 0.5) is 0 Å². The van der Waals surface area contributed by atoms with Crippen molar-refractivity contribution in [3.05, 3.63) is 36.6 Å². The molecule has 0 nitrogen and oxygen atoms in total. The van der Waals surface area contributed by atoms with E-state index in [0.717, 1.165) is 0 Å². The third kappa shape index (κ3) is 3.06. The van der Waals surface area contributed by atoms with Crippen LogP contribution in [0.15, 0.2) is 36.6 Å². The van der Waals surface area contributed by atoms with Gasteiger partial charge in [-0.1, -0.05) is 90.0 Å². The quantitative estimate of drug-likeness (QED) is 0.476. The van der Waals surface area contributed by atoms with Crippen molar-refractivity contribution in [1.82, 2.24) is 0 Å². The molecule has 0 N–H and O–H groups in total. The molecule has 0 unspecified atom stereocenters. The Morgan fingerprint density at radius 1 is 0.650 bits per heavy atom. The first-order valence-electron chi connectivity index (χ1n) is 6.57. The third-order valence-corrected chi connectivity index (χ3v) is 12.4. The first-order chi connectivity index (χ1) is 9.62. The average Bonchev–Trinajstić information content (AvgIpc) is 3.09. The molecule has 0 saturated carbocycles. The summed E-state index contributed by atoms with van der Waals surface area (Å²) >= 11 is 11.9. The van der Waals surface area contributed by atoms with Gasteiger partial charge in [0.1, 0.15) is 0 Å². The number of allylic oxidation sites excluding steroid dienone is 3. The summed E-state index contributed by atoms with van der Waals surface area (Å²) in [5.74, 6) is 0. The molecule has 3 aliphatic rings. The fraction of sp³-hybridized carbons (Fsp3) is 0.429. The van der Waals surface area contributed by atoms with Gasteiger partial charge in [0, 0.05) is 4.24 Å². The molecule has 0 radical (unpaired) electrons. The van der Waals surface area contributed by atoms with E-state index in [4.69, 9.17) is 0 Å². The van der Waals surface area contributed by atoms with E-state index in [0.29, 0.717) is 0 Å². The van der Waals surface area contributed by atoms with E-state index in [9.17, 15) is 0 Å². The van der Waals surface area contributed by atoms with Gasteiger partial charge in [0.15, 0.2) is 0 Å². The lowest BCUT2D eigenvalue weighted by Gasteiger charge is -2.06. The highest BCUT2D eigenvalue weighted by Gasteiger charge is 2.34. The second kappa shape index (κ2) is 6.67. The molecule has 0 amide bonds. The van der Waals surface area contributed by atoms with Crippen molar-refractivity contribution >= 4 is 70.6 Å². The van der Waals surface area contributed by atoms with Gasteiger partial charge in [0.2, 0.25) is 0 Å². The Bertz CT molecular complexity index is 534. The maximum atomic E-state index is 2.27. The Morgan fingerprint density at radius 3 is 1.45 bits per heavy atom. The van der Waals surface area contributed by atoms with Crippen LogP contribution in [0.2, 0.25) is 0 Å². The van der Waals surface area contributed by atoms with Crippen LogP contribution in [0.1, 0.15) is 40.5 Å². The molecule has 3 heterocycles. The molecule has 20 heavy (non-hydrogen) atoms.